The molecule has 4 aromatic rings. The molecule has 2 heterocycles. The number of anilines is 1. The molecule has 3 aromatic carbocycles. The normalized spacial score (nSPS) is 21.1. The number of halogens is 1. The lowest BCUT2D eigenvalue weighted by Crippen LogP contribution is -2.65. The molecule has 0 unspecified atom stereocenters. The van der Waals surface area contributed by atoms with E-state index < -0.39 is 41.9 Å². The molecule has 0 radical (unpaired) electrons. The molecule has 44 heavy (non-hydrogen) atoms. The predicted octanol–water partition coefficient (Wildman–Crippen LogP) is 5.04. The number of carbonyl (C=O) groups is 1. The van der Waals surface area contributed by atoms with Crippen LogP contribution >= 0.6 is 22.6 Å². The van der Waals surface area contributed by atoms with Gasteiger partial charge in [0.05, 0.1) is 11.0 Å². The highest BCUT2D eigenvalue weighted by molar-refractivity contribution is 14.1. The Morgan fingerprint density at radius 3 is 2.52 bits per heavy atom. The Morgan fingerprint density at radius 2 is 1.84 bits per heavy atom. The lowest BCUT2D eigenvalue weighted by molar-refractivity contribution is -0.304. The fourth-order valence-electron chi connectivity index (χ4n) is 5.41. The van der Waals surface area contributed by atoms with Crippen LogP contribution in [0.15, 0.2) is 69.9 Å². The minimum absolute atomic E-state index is 0.0740. The van der Waals surface area contributed by atoms with Crippen molar-refractivity contribution in [2.45, 2.75) is 57.5 Å². The quantitative estimate of drug-likeness (QED) is 0.144. The SMILES string of the molecule is CO[C@@H]1[C@@H](OC(N)=O)[C@@H](O)[C@H](Oc2ccc3c(O)c(NCc4cccc(-c5ccc(I)cc5)c4)c(=O)oc3c2C)OC1(C)C. The molecule has 4 atom stereocenters. The van der Waals surface area contributed by atoms with E-state index in [1.54, 1.807) is 26.8 Å². The topological polar surface area (TPSA) is 163 Å². The number of nitrogens with two attached hydrogens (primary N) is 1. The molecule has 1 saturated heterocycles. The van der Waals surface area contributed by atoms with E-state index >= 15 is 0 Å². The maximum absolute atomic E-state index is 13.0. The number of benzene rings is 3. The van der Waals surface area contributed by atoms with E-state index in [1.807, 2.05) is 48.5 Å². The molecule has 0 aliphatic carbocycles. The summed E-state index contributed by atoms with van der Waals surface area (Å²) >= 11 is 2.26. The average molecular weight is 717 g/mol. The molecule has 1 aliphatic rings. The minimum atomic E-state index is -1.47. The van der Waals surface area contributed by atoms with Gasteiger partial charge in [-0.3, -0.25) is 0 Å². The molecule has 1 aromatic heterocycles. The zero-order valence-corrected chi connectivity index (χ0v) is 26.7. The molecule has 12 heteroatoms. The molecule has 0 bridgehead atoms. The van der Waals surface area contributed by atoms with Crippen molar-refractivity contribution in [1.82, 2.24) is 0 Å². The minimum Gasteiger partial charge on any atom is -0.505 e. The highest BCUT2D eigenvalue weighted by Gasteiger charge is 2.53. The number of hydrogen-bond acceptors (Lipinski definition) is 10. The third-order valence-corrected chi connectivity index (χ3v) is 8.31. The molecule has 11 nitrogen and oxygen atoms in total. The molecule has 5 N–H and O–H groups in total. The first-order valence-electron chi connectivity index (χ1n) is 13.8. The van der Waals surface area contributed by atoms with Gasteiger partial charge in [-0.1, -0.05) is 30.3 Å². The van der Waals surface area contributed by atoms with Gasteiger partial charge in [-0.15, -0.1) is 0 Å². The van der Waals surface area contributed by atoms with Crippen molar-refractivity contribution in [1.29, 1.82) is 0 Å². The van der Waals surface area contributed by atoms with Gasteiger partial charge in [-0.05, 0) is 90.4 Å². The first kappa shape index (κ1) is 31.6. The maximum Gasteiger partial charge on any atom is 0.404 e. The predicted molar refractivity (Wildman–Crippen MR) is 172 cm³/mol. The lowest BCUT2D eigenvalue weighted by Gasteiger charge is -2.47. The van der Waals surface area contributed by atoms with Gasteiger partial charge >= 0.3 is 11.7 Å². The van der Waals surface area contributed by atoms with Gasteiger partial charge in [-0.2, -0.15) is 0 Å². The van der Waals surface area contributed by atoms with Gasteiger partial charge in [-0.25, -0.2) is 9.59 Å². The van der Waals surface area contributed by atoms with Crippen LogP contribution in [0.5, 0.6) is 11.5 Å². The van der Waals surface area contributed by atoms with Crippen molar-refractivity contribution < 1.29 is 38.4 Å². The number of primary amides is 1. The van der Waals surface area contributed by atoms with E-state index in [9.17, 15) is 19.8 Å². The summed E-state index contributed by atoms with van der Waals surface area (Å²) in [5, 5.41) is 25.3. The molecule has 0 spiro atoms. The number of nitrogens with one attached hydrogen (secondary N) is 1. The zero-order valence-electron chi connectivity index (χ0n) is 24.5. The third kappa shape index (κ3) is 6.34. The van der Waals surface area contributed by atoms with Crippen LogP contribution in [0, 0.1) is 10.5 Å². The van der Waals surface area contributed by atoms with Crippen LogP contribution in [-0.2, 0) is 20.8 Å². The number of methoxy groups -OCH3 is 1. The lowest BCUT2D eigenvalue weighted by atomic mass is 9.89. The van der Waals surface area contributed by atoms with Crippen molar-refractivity contribution >= 4 is 45.3 Å². The Balaban J connectivity index is 1.38. The highest BCUT2D eigenvalue weighted by atomic mass is 127. The summed E-state index contributed by atoms with van der Waals surface area (Å²) in [6, 6.07) is 19.1. The van der Waals surface area contributed by atoms with Crippen molar-refractivity contribution in [2.24, 2.45) is 5.73 Å². The number of fused-ring (bicyclic) bond motifs is 1. The number of rotatable bonds is 8. The van der Waals surface area contributed by atoms with Crippen LogP contribution in [0.1, 0.15) is 25.0 Å². The number of amides is 1. The molecule has 5 rings (SSSR count). The highest BCUT2D eigenvalue weighted by Crippen LogP contribution is 2.38. The van der Waals surface area contributed by atoms with Crippen LogP contribution in [0.2, 0.25) is 0 Å². The number of aliphatic hydroxyl groups is 1. The van der Waals surface area contributed by atoms with E-state index in [-0.39, 0.29) is 34.7 Å². The summed E-state index contributed by atoms with van der Waals surface area (Å²) in [5.74, 6) is -0.0608. The van der Waals surface area contributed by atoms with Gasteiger partial charge in [0, 0.05) is 22.8 Å². The second-order valence-electron chi connectivity index (χ2n) is 11.0. The van der Waals surface area contributed by atoms with Gasteiger partial charge in [0.2, 0.25) is 6.29 Å². The second kappa shape index (κ2) is 12.6. The molecule has 1 fully saturated rings. The van der Waals surface area contributed by atoms with Gasteiger partial charge < -0.3 is 44.6 Å². The summed E-state index contributed by atoms with van der Waals surface area (Å²) in [6.45, 7) is 5.29. The molecular formula is C32H33IN2O9. The third-order valence-electron chi connectivity index (χ3n) is 7.59. The first-order chi connectivity index (χ1) is 20.9. The monoisotopic (exact) mass is 716 g/mol. The van der Waals surface area contributed by atoms with Crippen LogP contribution in [0.4, 0.5) is 10.5 Å². The largest absolute Gasteiger partial charge is 0.505 e. The van der Waals surface area contributed by atoms with E-state index in [0.717, 1.165) is 20.3 Å². The summed E-state index contributed by atoms with van der Waals surface area (Å²) < 4.78 is 29.3. The Hall–Kier alpha value is -3.85. The fourth-order valence-corrected chi connectivity index (χ4v) is 5.77. The number of carbonyl (C=O) groups excluding carboxylic acids is 1. The summed E-state index contributed by atoms with van der Waals surface area (Å²) in [5.41, 5.74) is 6.81. The van der Waals surface area contributed by atoms with Gasteiger partial charge in [0.1, 0.15) is 17.4 Å². The molecule has 232 valence electrons. The van der Waals surface area contributed by atoms with Crippen molar-refractivity contribution in [2.75, 3.05) is 12.4 Å². The van der Waals surface area contributed by atoms with E-state index in [2.05, 4.69) is 27.9 Å². The first-order valence-corrected chi connectivity index (χ1v) is 14.9. The smallest absolute Gasteiger partial charge is 0.404 e. The van der Waals surface area contributed by atoms with Crippen molar-refractivity contribution in [3.63, 3.8) is 0 Å². The van der Waals surface area contributed by atoms with Gasteiger partial charge in [0.15, 0.2) is 23.6 Å². The van der Waals surface area contributed by atoms with Crippen LogP contribution in [0.3, 0.4) is 0 Å². The molecular weight excluding hydrogens is 683 g/mol. The number of hydrogen-bond donors (Lipinski definition) is 4. The Morgan fingerprint density at radius 1 is 1.11 bits per heavy atom. The number of ether oxygens (including phenoxy) is 4. The average Bonchev–Trinajstić information content (AvgIpc) is 2.97. The summed E-state index contributed by atoms with van der Waals surface area (Å²) in [4.78, 5) is 24.6. The van der Waals surface area contributed by atoms with Crippen molar-refractivity contribution in [3.8, 4) is 22.6 Å². The van der Waals surface area contributed by atoms with E-state index in [1.165, 1.54) is 13.2 Å². The number of aliphatic hydroxyl groups excluding tert-OH is 1. The molecule has 1 aliphatic heterocycles. The van der Waals surface area contributed by atoms with Gasteiger partial charge in [0.25, 0.3) is 0 Å². The summed E-state index contributed by atoms with van der Waals surface area (Å²) in [6.07, 6.45) is -5.87. The Bertz CT molecular complexity index is 1740. The van der Waals surface area contributed by atoms with Crippen LogP contribution in [0.25, 0.3) is 22.1 Å². The second-order valence-corrected chi connectivity index (χ2v) is 12.2. The maximum atomic E-state index is 13.0. The standard InChI is InChI=1S/C32H33IN2O9/c1-16-22(41-30-25(37)27(43-31(34)39)28(40-4)32(2,3)44-30)13-12-21-24(36)23(29(38)42-26(16)21)35-15-17-6-5-7-19(14-17)18-8-10-20(33)11-9-18/h5-14,25,27-28,30,35-37H,15H2,1-4H3,(H2,34,39)/t25-,27+,28-,30-/m1/s1. The Kier molecular flexibility index (Phi) is 9.07. The number of aryl methyl sites for hydroxylation is 1. The van der Waals surface area contributed by atoms with E-state index in [4.69, 9.17) is 29.1 Å². The number of aromatic hydroxyl groups is 1. The van der Waals surface area contributed by atoms with Crippen LogP contribution in [-0.4, -0.2) is 53.6 Å². The molecule has 1 amide bonds. The van der Waals surface area contributed by atoms with Crippen LogP contribution < -0.4 is 21.4 Å². The molecule has 0 saturated carbocycles. The van der Waals surface area contributed by atoms with Crippen molar-refractivity contribution in [3.05, 3.63) is 85.8 Å². The zero-order chi connectivity index (χ0) is 31.8. The van der Waals surface area contributed by atoms with E-state index in [0.29, 0.717) is 5.56 Å². The Labute approximate surface area is 267 Å². The summed E-state index contributed by atoms with van der Waals surface area (Å²) in [7, 11) is 1.40. The fraction of sp³-hybridized carbons (Fsp3) is 0.312.